The van der Waals surface area contributed by atoms with E-state index in [1.807, 2.05) is 24.3 Å². The van der Waals surface area contributed by atoms with Crippen LogP contribution >= 0.6 is 45.8 Å². The van der Waals surface area contributed by atoms with Crippen molar-refractivity contribution in [1.82, 2.24) is 20.9 Å². The molecule has 0 aliphatic carbocycles. The van der Waals surface area contributed by atoms with Crippen LogP contribution in [-0.2, 0) is 28.9 Å². The summed E-state index contributed by atoms with van der Waals surface area (Å²) in [5.41, 5.74) is 3.12. The maximum atomic E-state index is 12.5. The Labute approximate surface area is 247 Å². The van der Waals surface area contributed by atoms with Gasteiger partial charge in [-0.05, 0) is 47.9 Å². The molecule has 0 bridgehead atoms. The van der Waals surface area contributed by atoms with Gasteiger partial charge in [-0.3, -0.25) is 15.0 Å². The molecule has 40 heavy (non-hydrogen) atoms. The third kappa shape index (κ3) is 6.87. The fourth-order valence-electron chi connectivity index (χ4n) is 4.40. The zero-order valence-corrected chi connectivity index (χ0v) is 24.7. The van der Waals surface area contributed by atoms with Crippen LogP contribution in [0.4, 0.5) is 5.13 Å². The molecule has 1 unspecified atom stereocenters. The molecule has 2 aromatic carbocycles. The van der Waals surface area contributed by atoms with Gasteiger partial charge in [0.2, 0.25) is 16.9 Å². The van der Waals surface area contributed by atoms with Gasteiger partial charge in [0.25, 0.3) is 0 Å². The van der Waals surface area contributed by atoms with E-state index in [4.69, 9.17) is 0 Å². The predicted octanol–water partition coefficient (Wildman–Crippen LogP) is 6.15. The highest BCUT2D eigenvalue weighted by molar-refractivity contribution is 8.14. The molecule has 6 rings (SSSR count). The van der Waals surface area contributed by atoms with E-state index in [2.05, 4.69) is 67.8 Å². The minimum Gasteiger partial charge on any atom is -0.303 e. The number of fused-ring (bicyclic) bond motifs is 2. The van der Waals surface area contributed by atoms with Gasteiger partial charge in [0.15, 0.2) is 5.17 Å². The molecule has 5 aromatic rings. The standard InChI is InChI=1S/C28H26N6O2S4/c35-23(15-19-13-17-7-1-3-9-21(17)37-19)29-27-33-31-25(39-27)11-5-6-12-26-32-34-28(40-26)30-24(36)16-20-14-18-8-2-4-10-22(18)38-20/h1-4,7-10,13-14,25,31H,5-6,11-12,15-16H2,(H,29,33,35)(H,30,34,36). The lowest BCUT2D eigenvalue weighted by molar-refractivity contribution is -0.119. The zero-order chi connectivity index (χ0) is 27.3. The lowest BCUT2D eigenvalue weighted by Gasteiger charge is -2.08. The first-order chi connectivity index (χ1) is 19.6. The summed E-state index contributed by atoms with van der Waals surface area (Å²) < 4.78 is 2.38. The van der Waals surface area contributed by atoms with Gasteiger partial charge in [0, 0.05) is 25.6 Å². The highest BCUT2D eigenvalue weighted by atomic mass is 32.2. The van der Waals surface area contributed by atoms with E-state index in [0.717, 1.165) is 45.8 Å². The van der Waals surface area contributed by atoms with Crippen LogP contribution in [0.3, 0.4) is 0 Å². The van der Waals surface area contributed by atoms with E-state index in [0.29, 0.717) is 23.1 Å². The summed E-state index contributed by atoms with van der Waals surface area (Å²) in [5.74, 6) is -0.131. The molecule has 0 fully saturated rings. The van der Waals surface area contributed by atoms with Crippen molar-refractivity contribution in [3.63, 3.8) is 0 Å². The summed E-state index contributed by atoms with van der Waals surface area (Å²) in [6.45, 7) is 0. The van der Waals surface area contributed by atoms with Crippen molar-refractivity contribution in [2.24, 2.45) is 5.10 Å². The zero-order valence-electron chi connectivity index (χ0n) is 21.4. The number of unbranched alkanes of at least 4 members (excludes halogenated alkanes) is 1. The van der Waals surface area contributed by atoms with Crippen molar-refractivity contribution in [2.45, 2.75) is 43.9 Å². The van der Waals surface area contributed by atoms with E-state index in [1.165, 1.54) is 26.1 Å². The second-order valence-corrected chi connectivity index (χ2v) is 13.9. The number of nitrogens with one attached hydrogen (secondary N) is 3. The molecule has 1 aliphatic rings. The Bertz CT molecular complexity index is 1620. The number of hydrazone groups is 1. The molecule has 1 atom stereocenters. The molecule has 1 aliphatic heterocycles. The van der Waals surface area contributed by atoms with Crippen molar-refractivity contribution >= 4 is 88.1 Å². The minimum absolute atomic E-state index is 0.0526. The monoisotopic (exact) mass is 606 g/mol. The topological polar surface area (TPSA) is 108 Å². The summed E-state index contributed by atoms with van der Waals surface area (Å²) in [6, 6.07) is 20.4. The molecule has 3 aromatic heterocycles. The van der Waals surface area contributed by atoms with Crippen LogP contribution in [0.2, 0.25) is 0 Å². The van der Waals surface area contributed by atoms with Crippen LogP contribution in [0, 0.1) is 0 Å². The molecule has 204 valence electrons. The van der Waals surface area contributed by atoms with E-state index in [-0.39, 0.29) is 17.2 Å². The minimum atomic E-state index is -0.0784. The SMILES string of the molecule is O=C(Cc1cc2ccccc2s1)NC1=NNC(CCCCc2nnc(NC(=O)Cc3cc4ccccc4s3)s2)S1. The van der Waals surface area contributed by atoms with Crippen molar-refractivity contribution in [3.05, 3.63) is 75.4 Å². The molecule has 2 amide bonds. The highest BCUT2D eigenvalue weighted by Crippen LogP contribution is 2.28. The fourth-order valence-corrected chi connectivity index (χ4v) is 8.26. The number of nitrogens with zero attached hydrogens (tertiary/aromatic N) is 3. The number of benzene rings is 2. The number of carbonyl (C=O) groups is 2. The van der Waals surface area contributed by atoms with Gasteiger partial charge in [0.05, 0.1) is 18.2 Å². The number of thioether (sulfide) groups is 1. The Kier molecular flexibility index (Phi) is 8.37. The normalized spacial score (nSPS) is 14.8. The predicted molar refractivity (Wildman–Crippen MR) is 167 cm³/mol. The molecule has 0 saturated heterocycles. The van der Waals surface area contributed by atoms with E-state index in [1.54, 1.807) is 34.4 Å². The van der Waals surface area contributed by atoms with E-state index < -0.39 is 0 Å². The van der Waals surface area contributed by atoms with Crippen molar-refractivity contribution < 1.29 is 9.59 Å². The fraction of sp³-hybridized carbons (Fsp3) is 0.250. The maximum absolute atomic E-state index is 12.5. The number of thiophene rings is 2. The number of amidine groups is 1. The van der Waals surface area contributed by atoms with Gasteiger partial charge < -0.3 is 10.6 Å². The molecule has 8 nitrogen and oxygen atoms in total. The van der Waals surface area contributed by atoms with E-state index in [9.17, 15) is 9.59 Å². The van der Waals surface area contributed by atoms with Crippen molar-refractivity contribution in [2.75, 3.05) is 5.32 Å². The Hall–Kier alpha value is -3.32. The summed E-state index contributed by atoms with van der Waals surface area (Å²) in [5, 5.41) is 23.0. The lowest BCUT2D eigenvalue weighted by atomic mass is 10.2. The second kappa shape index (κ2) is 12.5. The number of hydrogen-bond acceptors (Lipinski definition) is 10. The van der Waals surface area contributed by atoms with Crippen molar-refractivity contribution in [3.8, 4) is 0 Å². The molecule has 3 N–H and O–H groups in total. The van der Waals surface area contributed by atoms with Gasteiger partial charge in [-0.15, -0.1) is 32.9 Å². The number of hydrogen-bond donors (Lipinski definition) is 3. The smallest absolute Gasteiger partial charge is 0.231 e. The number of rotatable bonds is 10. The van der Waals surface area contributed by atoms with Crippen LogP contribution < -0.4 is 16.1 Å². The first kappa shape index (κ1) is 26.9. The lowest BCUT2D eigenvalue weighted by Crippen LogP contribution is -2.28. The van der Waals surface area contributed by atoms with Gasteiger partial charge in [-0.2, -0.15) is 5.10 Å². The number of carbonyl (C=O) groups excluding carboxylic acids is 2. The third-order valence-electron chi connectivity index (χ3n) is 6.25. The first-order valence-corrected chi connectivity index (χ1v) is 16.3. The summed E-state index contributed by atoms with van der Waals surface area (Å²) in [6.07, 6.45) is 4.34. The number of anilines is 1. The summed E-state index contributed by atoms with van der Waals surface area (Å²) in [7, 11) is 0. The van der Waals surface area contributed by atoms with Crippen molar-refractivity contribution in [1.29, 1.82) is 0 Å². The molecular formula is C28H26N6O2S4. The average molecular weight is 607 g/mol. The Morgan fingerprint density at radius 3 is 2.12 bits per heavy atom. The second-order valence-electron chi connectivity index (χ2n) is 9.35. The number of amides is 2. The van der Waals surface area contributed by atoms with Gasteiger partial charge in [-0.1, -0.05) is 65.9 Å². The highest BCUT2D eigenvalue weighted by Gasteiger charge is 2.21. The molecule has 0 spiro atoms. The quantitative estimate of drug-likeness (QED) is 0.165. The van der Waals surface area contributed by atoms with E-state index >= 15 is 0 Å². The maximum Gasteiger partial charge on any atom is 0.231 e. The Balaban J connectivity index is 0.877. The third-order valence-corrected chi connectivity index (χ3v) is 10.4. The van der Waals surface area contributed by atoms with Crippen LogP contribution in [0.5, 0.6) is 0 Å². The average Bonchev–Trinajstić information content (AvgIpc) is 3.73. The molecular weight excluding hydrogens is 581 g/mol. The van der Waals surface area contributed by atoms with Gasteiger partial charge in [0.1, 0.15) is 5.01 Å². The first-order valence-electron chi connectivity index (χ1n) is 12.9. The molecule has 4 heterocycles. The summed E-state index contributed by atoms with van der Waals surface area (Å²) >= 11 is 6.27. The van der Waals surface area contributed by atoms with Crippen LogP contribution in [0.1, 0.15) is 34.0 Å². The number of aryl methyl sites for hydroxylation is 1. The van der Waals surface area contributed by atoms with Gasteiger partial charge in [-0.25, -0.2) is 0 Å². The van der Waals surface area contributed by atoms with Crippen LogP contribution in [0.15, 0.2) is 65.8 Å². The summed E-state index contributed by atoms with van der Waals surface area (Å²) in [4.78, 5) is 27.1. The van der Waals surface area contributed by atoms with Crippen LogP contribution in [-0.4, -0.2) is 32.6 Å². The largest absolute Gasteiger partial charge is 0.303 e. The Morgan fingerprint density at radius 2 is 1.45 bits per heavy atom. The Morgan fingerprint density at radius 1 is 0.800 bits per heavy atom. The van der Waals surface area contributed by atoms with Crippen LogP contribution in [0.25, 0.3) is 20.2 Å². The molecule has 0 saturated carbocycles. The number of aromatic nitrogens is 2. The molecule has 12 heteroatoms. The molecule has 0 radical (unpaired) electrons. The van der Waals surface area contributed by atoms with Gasteiger partial charge >= 0.3 is 0 Å².